The third kappa shape index (κ3) is 4.15. The molecule has 8 nitrogen and oxygen atoms in total. The second-order valence-corrected chi connectivity index (χ2v) is 7.91. The van der Waals surface area contributed by atoms with Crippen LogP contribution in [0.15, 0.2) is 47.4 Å². The van der Waals surface area contributed by atoms with Crippen LogP contribution in [0.3, 0.4) is 0 Å². The molecule has 0 heterocycles. The van der Waals surface area contributed by atoms with Gasteiger partial charge in [-0.25, -0.2) is 8.42 Å². The van der Waals surface area contributed by atoms with Crippen molar-refractivity contribution < 1.29 is 22.9 Å². The van der Waals surface area contributed by atoms with E-state index in [2.05, 4.69) is 0 Å². The van der Waals surface area contributed by atoms with Crippen LogP contribution in [0.4, 0.5) is 11.4 Å². The minimum Gasteiger partial charge on any atom is -0.495 e. The number of hydrogen-bond donors (Lipinski definition) is 0. The number of ether oxygens (including phenoxy) is 1. The highest BCUT2D eigenvalue weighted by molar-refractivity contribution is 7.93. The van der Waals surface area contributed by atoms with Gasteiger partial charge in [-0.15, -0.1) is 0 Å². The van der Waals surface area contributed by atoms with Crippen molar-refractivity contribution in [3.63, 3.8) is 0 Å². The topological polar surface area (TPSA) is 107 Å². The first-order valence-corrected chi connectivity index (χ1v) is 9.61. The number of halogens is 2. The maximum atomic E-state index is 13.3. The fourth-order valence-corrected chi connectivity index (χ4v) is 4.51. The molecular formula is C16H14Cl2N2O6S. The fraction of sp³-hybridized carbons (Fsp3) is 0.188. The van der Waals surface area contributed by atoms with Crippen LogP contribution in [0.1, 0.15) is 6.92 Å². The van der Waals surface area contributed by atoms with Crippen molar-refractivity contribution in [2.45, 2.75) is 17.9 Å². The standard InChI is InChI=1S/C16H14Cl2N2O6S/c1-10(16(18)21)19(13-9-11(17)7-8-14(13)26-2)27(24,25)15-6-4-3-5-12(15)20(22)23/h3-10H,1-2H3. The first kappa shape index (κ1) is 20.9. The Morgan fingerprint density at radius 1 is 1.26 bits per heavy atom. The highest BCUT2D eigenvalue weighted by Gasteiger charge is 2.38. The number of hydrogen-bond acceptors (Lipinski definition) is 6. The molecule has 0 aromatic heterocycles. The quantitative estimate of drug-likeness (QED) is 0.375. The normalized spacial score (nSPS) is 12.3. The van der Waals surface area contributed by atoms with Gasteiger partial charge in [-0.05, 0) is 42.8 Å². The monoisotopic (exact) mass is 432 g/mol. The Bertz CT molecular complexity index is 996. The molecule has 0 spiro atoms. The molecule has 0 saturated heterocycles. The summed E-state index contributed by atoms with van der Waals surface area (Å²) in [6.45, 7) is 1.25. The van der Waals surface area contributed by atoms with E-state index in [9.17, 15) is 23.3 Å². The number of carbonyl (C=O) groups is 1. The molecule has 2 aromatic rings. The Balaban J connectivity index is 2.82. The highest BCUT2D eigenvalue weighted by Crippen LogP contribution is 2.38. The molecule has 0 amide bonds. The summed E-state index contributed by atoms with van der Waals surface area (Å²) >= 11 is 11.5. The minimum absolute atomic E-state index is 0.0790. The minimum atomic E-state index is -4.58. The predicted octanol–water partition coefficient (Wildman–Crippen LogP) is 3.61. The van der Waals surface area contributed by atoms with Crippen LogP contribution in [-0.4, -0.2) is 31.7 Å². The van der Waals surface area contributed by atoms with Gasteiger partial charge in [0.15, 0.2) is 4.90 Å². The van der Waals surface area contributed by atoms with Gasteiger partial charge in [-0.1, -0.05) is 23.7 Å². The van der Waals surface area contributed by atoms with Crippen LogP contribution < -0.4 is 9.04 Å². The summed E-state index contributed by atoms with van der Waals surface area (Å²) in [6, 6.07) is 7.54. The molecular weight excluding hydrogens is 419 g/mol. The molecule has 1 atom stereocenters. The second kappa shape index (κ2) is 8.12. The van der Waals surface area contributed by atoms with Crippen LogP contribution in [0.2, 0.25) is 5.02 Å². The number of para-hydroxylation sites is 1. The maximum Gasteiger partial charge on any atom is 0.289 e. The lowest BCUT2D eigenvalue weighted by atomic mass is 10.2. The Morgan fingerprint density at radius 3 is 2.44 bits per heavy atom. The number of benzene rings is 2. The molecule has 0 bridgehead atoms. The van der Waals surface area contributed by atoms with Crippen LogP contribution in [-0.2, 0) is 14.8 Å². The average Bonchev–Trinajstić information content (AvgIpc) is 2.61. The van der Waals surface area contributed by atoms with Gasteiger partial charge < -0.3 is 4.74 Å². The number of carbonyl (C=O) groups excluding carboxylic acids is 1. The molecule has 2 rings (SSSR count). The van der Waals surface area contributed by atoms with Crippen LogP contribution in [0.25, 0.3) is 0 Å². The molecule has 11 heteroatoms. The lowest BCUT2D eigenvalue weighted by molar-refractivity contribution is -0.387. The Hall–Kier alpha value is -2.36. The fourth-order valence-electron chi connectivity index (χ4n) is 2.41. The van der Waals surface area contributed by atoms with E-state index in [0.717, 1.165) is 12.1 Å². The molecule has 27 heavy (non-hydrogen) atoms. The van der Waals surface area contributed by atoms with Crippen molar-refractivity contribution >= 4 is 49.8 Å². The summed E-state index contributed by atoms with van der Waals surface area (Å²) in [5, 5.41) is 10.5. The van der Waals surface area contributed by atoms with Crippen molar-refractivity contribution in [1.82, 2.24) is 0 Å². The van der Waals surface area contributed by atoms with Crippen molar-refractivity contribution in [3.05, 3.63) is 57.6 Å². The van der Waals surface area contributed by atoms with Gasteiger partial charge in [0.05, 0.1) is 17.7 Å². The number of nitro benzene ring substituents is 1. The van der Waals surface area contributed by atoms with Gasteiger partial charge in [0.1, 0.15) is 11.8 Å². The number of rotatable bonds is 7. The lowest BCUT2D eigenvalue weighted by Gasteiger charge is -2.29. The molecule has 0 aliphatic heterocycles. The third-order valence-corrected chi connectivity index (χ3v) is 6.14. The molecule has 0 N–H and O–H groups in total. The van der Waals surface area contributed by atoms with Crippen molar-refractivity contribution in [2.24, 2.45) is 0 Å². The number of nitro groups is 1. The predicted molar refractivity (Wildman–Crippen MR) is 101 cm³/mol. The third-order valence-electron chi connectivity index (χ3n) is 3.66. The molecule has 0 fully saturated rings. The summed E-state index contributed by atoms with van der Waals surface area (Å²) in [4.78, 5) is 21.7. The van der Waals surface area contributed by atoms with Crippen LogP contribution in [0, 0.1) is 10.1 Å². The summed E-state index contributed by atoms with van der Waals surface area (Å²) in [5.41, 5.74) is -0.720. The van der Waals surface area contributed by atoms with Gasteiger partial charge >= 0.3 is 0 Å². The molecule has 1 unspecified atom stereocenters. The molecule has 144 valence electrons. The summed E-state index contributed by atoms with van der Waals surface area (Å²) in [6.07, 6.45) is 0. The largest absolute Gasteiger partial charge is 0.495 e. The number of methoxy groups -OCH3 is 1. The van der Waals surface area contributed by atoms with E-state index in [1.165, 1.54) is 44.4 Å². The summed E-state index contributed by atoms with van der Waals surface area (Å²) in [7, 11) is -3.27. The zero-order valence-electron chi connectivity index (χ0n) is 14.1. The van der Waals surface area contributed by atoms with Gasteiger partial charge in [0, 0.05) is 11.1 Å². The van der Waals surface area contributed by atoms with Gasteiger partial charge in [0.25, 0.3) is 15.7 Å². The Labute approximate surface area is 165 Å². The first-order chi connectivity index (χ1) is 12.6. The van der Waals surface area contributed by atoms with Crippen molar-refractivity contribution in [3.8, 4) is 5.75 Å². The zero-order valence-corrected chi connectivity index (χ0v) is 16.5. The van der Waals surface area contributed by atoms with E-state index in [1.54, 1.807) is 0 Å². The van der Waals surface area contributed by atoms with Crippen molar-refractivity contribution in [2.75, 3.05) is 11.4 Å². The van der Waals surface area contributed by atoms with E-state index < -0.39 is 36.8 Å². The van der Waals surface area contributed by atoms with E-state index in [4.69, 9.17) is 27.9 Å². The van der Waals surface area contributed by atoms with Crippen molar-refractivity contribution in [1.29, 1.82) is 0 Å². The number of nitrogens with zero attached hydrogens (tertiary/aromatic N) is 2. The zero-order chi connectivity index (χ0) is 20.4. The van der Waals surface area contributed by atoms with Crippen LogP contribution in [0.5, 0.6) is 5.75 Å². The molecule has 2 aromatic carbocycles. The molecule has 0 radical (unpaired) electrons. The SMILES string of the molecule is COc1ccc(Cl)cc1N(C(C)C(=O)Cl)S(=O)(=O)c1ccccc1[N+](=O)[O-]. The molecule has 0 aliphatic carbocycles. The Morgan fingerprint density at radius 2 is 1.89 bits per heavy atom. The number of sulfonamides is 1. The van der Waals surface area contributed by atoms with E-state index in [1.807, 2.05) is 0 Å². The summed E-state index contributed by atoms with van der Waals surface area (Å²) < 4.78 is 32.4. The first-order valence-electron chi connectivity index (χ1n) is 7.42. The second-order valence-electron chi connectivity index (χ2n) is 5.32. The molecule has 0 aliphatic rings. The maximum absolute atomic E-state index is 13.3. The molecule has 0 saturated carbocycles. The lowest BCUT2D eigenvalue weighted by Crippen LogP contribution is -2.42. The smallest absolute Gasteiger partial charge is 0.289 e. The van der Waals surface area contributed by atoms with E-state index >= 15 is 0 Å². The van der Waals surface area contributed by atoms with Gasteiger partial charge in [-0.2, -0.15) is 0 Å². The average molecular weight is 433 g/mol. The van der Waals surface area contributed by atoms with Crippen LogP contribution >= 0.6 is 23.2 Å². The Kier molecular flexibility index (Phi) is 6.30. The highest BCUT2D eigenvalue weighted by atomic mass is 35.5. The van der Waals surface area contributed by atoms with E-state index in [-0.39, 0.29) is 16.5 Å². The van der Waals surface area contributed by atoms with E-state index in [0.29, 0.717) is 4.31 Å². The summed E-state index contributed by atoms with van der Waals surface area (Å²) in [5.74, 6) is 0.0892. The van der Waals surface area contributed by atoms with Gasteiger partial charge in [0.2, 0.25) is 5.24 Å². The number of anilines is 1. The van der Waals surface area contributed by atoms with Gasteiger partial charge in [-0.3, -0.25) is 19.2 Å².